The van der Waals surface area contributed by atoms with Crippen LogP contribution in [0, 0.1) is 0 Å². The van der Waals surface area contributed by atoms with Crippen molar-refractivity contribution >= 4 is 19.5 Å². The zero-order chi connectivity index (χ0) is 13.4. The van der Waals surface area contributed by atoms with Crippen molar-refractivity contribution in [3.8, 4) is 0 Å². The van der Waals surface area contributed by atoms with E-state index in [2.05, 4.69) is 41.5 Å². The summed E-state index contributed by atoms with van der Waals surface area (Å²) in [7, 11) is -0.725. The van der Waals surface area contributed by atoms with Crippen molar-refractivity contribution in [3.05, 3.63) is 0 Å². The van der Waals surface area contributed by atoms with E-state index < -0.39 is 0 Å². The molecule has 0 unspecified atom stereocenters. The fourth-order valence-electron chi connectivity index (χ4n) is 1.60. The van der Waals surface area contributed by atoms with Crippen molar-refractivity contribution in [2.75, 3.05) is 0 Å². The quantitative estimate of drug-likeness (QED) is 0.451. The van der Waals surface area contributed by atoms with Gasteiger partial charge in [-0.1, -0.05) is 27.7 Å². The van der Waals surface area contributed by atoms with Gasteiger partial charge in [0.1, 0.15) is 0 Å². The Labute approximate surface area is 113 Å². The number of hydrogen-bond donors (Lipinski definition) is 0. The van der Waals surface area contributed by atoms with Crippen molar-refractivity contribution in [3.63, 3.8) is 0 Å². The molecule has 0 saturated carbocycles. The molecular weight excluding hydrogens is 244 g/mol. The minimum Gasteiger partial charge on any atom is -0.419 e. The molecule has 0 N–H and O–H groups in total. The second-order valence-electron chi connectivity index (χ2n) is 5.36. The van der Waals surface area contributed by atoms with E-state index in [4.69, 9.17) is 8.85 Å². The minimum absolute atomic E-state index is 0.138. The first-order valence-electron chi connectivity index (χ1n) is 7.23. The third-order valence-corrected chi connectivity index (χ3v) is 8.29. The zero-order valence-corrected chi connectivity index (χ0v) is 15.6. The van der Waals surface area contributed by atoms with E-state index in [1.165, 1.54) is 5.67 Å². The SMILES string of the molecule is CCC(C)(CC)O[SiH2]C[SiH2]OC(C)(CC)CC. The van der Waals surface area contributed by atoms with Crippen LogP contribution in [0.5, 0.6) is 0 Å². The van der Waals surface area contributed by atoms with E-state index in [9.17, 15) is 0 Å². The predicted molar refractivity (Wildman–Crippen MR) is 82.0 cm³/mol. The van der Waals surface area contributed by atoms with E-state index in [-0.39, 0.29) is 30.7 Å². The van der Waals surface area contributed by atoms with Crippen molar-refractivity contribution in [1.29, 1.82) is 0 Å². The lowest BCUT2D eigenvalue weighted by atomic mass is 10.0. The number of rotatable bonds is 10. The Morgan fingerprint density at radius 3 is 1.24 bits per heavy atom. The first-order valence-corrected chi connectivity index (χ1v) is 10.4. The van der Waals surface area contributed by atoms with Crippen molar-refractivity contribution in [1.82, 2.24) is 0 Å². The van der Waals surface area contributed by atoms with Crippen molar-refractivity contribution in [2.24, 2.45) is 0 Å². The summed E-state index contributed by atoms with van der Waals surface area (Å²) in [4.78, 5) is 0. The van der Waals surface area contributed by atoms with Gasteiger partial charge >= 0.3 is 0 Å². The Bertz CT molecular complexity index is 170. The number of hydrogen-bond acceptors (Lipinski definition) is 2. The molecule has 0 bridgehead atoms. The lowest BCUT2D eigenvalue weighted by Gasteiger charge is -2.29. The lowest BCUT2D eigenvalue weighted by molar-refractivity contribution is 0.0802. The second-order valence-corrected chi connectivity index (χ2v) is 9.59. The first kappa shape index (κ1) is 17.4. The normalized spacial score (nSPS) is 14.5. The molecule has 0 aliphatic heterocycles. The molecule has 104 valence electrons. The fourth-order valence-corrected chi connectivity index (χ4v) is 5.03. The van der Waals surface area contributed by atoms with Gasteiger partial charge in [0, 0.05) is 0 Å². The molecular formula is C13H32O2Si2. The molecule has 0 atom stereocenters. The van der Waals surface area contributed by atoms with Crippen LogP contribution in [0.2, 0.25) is 5.67 Å². The van der Waals surface area contributed by atoms with E-state index in [0.717, 1.165) is 25.7 Å². The van der Waals surface area contributed by atoms with Gasteiger partial charge in [0.15, 0.2) is 19.5 Å². The third kappa shape index (κ3) is 6.74. The zero-order valence-electron chi connectivity index (χ0n) is 12.8. The Morgan fingerprint density at radius 1 is 0.706 bits per heavy atom. The van der Waals surface area contributed by atoms with Gasteiger partial charge < -0.3 is 8.85 Å². The monoisotopic (exact) mass is 276 g/mol. The largest absolute Gasteiger partial charge is 0.419 e. The Kier molecular flexibility index (Phi) is 8.63. The molecule has 0 aliphatic rings. The summed E-state index contributed by atoms with van der Waals surface area (Å²) in [5.74, 6) is 0. The van der Waals surface area contributed by atoms with Crippen LogP contribution >= 0.6 is 0 Å². The Morgan fingerprint density at radius 2 is 1.00 bits per heavy atom. The van der Waals surface area contributed by atoms with Gasteiger partial charge in [-0.2, -0.15) is 0 Å². The van der Waals surface area contributed by atoms with E-state index in [0.29, 0.717) is 0 Å². The standard InChI is InChI=1S/C13H32O2Si2/c1-7-12(5,8-2)14-16-11-17-15-13(6,9-3)10-4/h7-11,16-17H2,1-6H3. The van der Waals surface area contributed by atoms with Crippen LogP contribution in [0.4, 0.5) is 0 Å². The summed E-state index contributed by atoms with van der Waals surface area (Å²) in [6.45, 7) is 13.4. The Balaban J connectivity index is 3.72. The molecule has 0 aromatic rings. The lowest BCUT2D eigenvalue weighted by Crippen LogP contribution is -2.31. The van der Waals surface area contributed by atoms with Gasteiger partial charge in [-0.05, 0) is 45.2 Å². The van der Waals surface area contributed by atoms with Crippen LogP contribution in [0.25, 0.3) is 0 Å². The topological polar surface area (TPSA) is 18.5 Å². The average molecular weight is 277 g/mol. The third-order valence-electron chi connectivity index (χ3n) is 4.18. The Hall–Kier alpha value is 0.354. The molecule has 0 amide bonds. The highest BCUT2D eigenvalue weighted by molar-refractivity contribution is 6.48. The smallest absolute Gasteiger partial charge is 0.161 e. The second kappa shape index (κ2) is 8.45. The minimum atomic E-state index is -0.362. The summed E-state index contributed by atoms with van der Waals surface area (Å²) < 4.78 is 12.2. The molecule has 0 aromatic heterocycles. The molecule has 4 heteroatoms. The predicted octanol–water partition coefficient (Wildman–Crippen LogP) is 2.72. The fraction of sp³-hybridized carbons (Fsp3) is 1.00. The molecule has 0 rings (SSSR count). The summed E-state index contributed by atoms with van der Waals surface area (Å²) >= 11 is 0. The molecule has 0 heterocycles. The molecule has 0 aliphatic carbocycles. The van der Waals surface area contributed by atoms with Gasteiger partial charge in [-0.25, -0.2) is 0 Å². The molecule has 0 saturated heterocycles. The van der Waals surface area contributed by atoms with Crippen LogP contribution in [-0.2, 0) is 8.85 Å². The highest BCUT2D eigenvalue weighted by Crippen LogP contribution is 2.20. The van der Waals surface area contributed by atoms with Crippen molar-refractivity contribution < 1.29 is 8.85 Å². The van der Waals surface area contributed by atoms with Gasteiger partial charge in [-0.15, -0.1) is 0 Å². The van der Waals surface area contributed by atoms with E-state index in [1.54, 1.807) is 0 Å². The maximum Gasteiger partial charge on any atom is 0.161 e. The summed E-state index contributed by atoms with van der Waals surface area (Å²) in [6.07, 6.45) is 4.50. The molecule has 17 heavy (non-hydrogen) atoms. The highest BCUT2D eigenvalue weighted by Gasteiger charge is 2.21. The first-order chi connectivity index (χ1) is 7.95. The molecule has 0 spiro atoms. The van der Waals surface area contributed by atoms with Crippen LogP contribution in [0.15, 0.2) is 0 Å². The molecule has 0 radical (unpaired) electrons. The van der Waals surface area contributed by atoms with E-state index >= 15 is 0 Å². The van der Waals surface area contributed by atoms with Crippen LogP contribution in [-0.4, -0.2) is 30.7 Å². The van der Waals surface area contributed by atoms with Gasteiger partial charge in [0.05, 0.1) is 11.2 Å². The van der Waals surface area contributed by atoms with Gasteiger partial charge in [0.25, 0.3) is 0 Å². The summed E-state index contributed by atoms with van der Waals surface area (Å²) in [6, 6.07) is 0. The van der Waals surface area contributed by atoms with Crippen LogP contribution in [0.3, 0.4) is 0 Å². The highest BCUT2D eigenvalue weighted by atomic mass is 28.3. The maximum absolute atomic E-state index is 6.10. The molecule has 2 nitrogen and oxygen atoms in total. The summed E-state index contributed by atoms with van der Waals surface area (Å²) in [5.41, 5.74) is 1.55. The van der Waals surface area contributed by atoms with Crippen molar-refractivity contribution in [2.45, 2.75) is 84.1 Å². The van der Waals surface area contributed by atoms with Gasteiger partial charge in [-0.3, -0.25) is 0 Å². The summed E-state index contributed by atoms with van der Waals surface area (Å²) in [5, 5.41) is 0. The maximum atomic E-state index is 6.10. The van der Waals surface area contributed by atoms with E-state index in [1.807, 2.05) is 0 Å². The molecule has 0 fully saturated rings. The molecule has 0 aromatic carbocycles. The van der Waals surface area contributed by atoms with Gasteiger partial charge in [0.2, 0.25) is 0 Å². The van der Waals surface area contributed by atoms with Crippen LogP contribution < -0.4 is 0 Å². The average Bonchev–Trinajstić information content (AvgIpc) is 2.37. The van der Waals surface area contributed by atoms with Crippen LogP contribution in [0.1, 0.15) is 67.2 Å².